The number of ether oxygens (including phenoxy) is 1. The average molecular weight is 449 g/mol. The van der Waals surface area contributed by atoms with Crippen molar-refractivity contribution in [3.05, 3.63) is 42.1 Å². The minimum Gasteiger partial charge on any atom is -0.494 e. The van der Waals surface area contributed by atoms with Crippen molar-refractivity contribution >= 4 is 22.5 Å². The van der Waals surface area contributed by atoms with Crippen molar-refractivity contribution in [2.24, 2.45) is 5.92 Å². The molecule has 170 valence electrons. The lowest BCUT2D eigenvalue weighted by molar-refractivity contribution is -0.141. The van der Waals surface area contributed by atoms with Crippen LogP contribution in [0.4, 0.5) is 18.9 Å². The third kappa shape index (κ3) is 4.24. The van der Waals surface area contributed by atoms with Crippen LogP contribution in [0.1, 0.15) is 49.0 Å². The third-order valence-electron chi connectivity index (χ3n) is 5.73. The first kappa shape index (κ1) is 22.0. The summed E-state index contributed by atoms with van der Waals surface area (Å²) in [5, 5.41) is 17.9. The first-order valence-corrected chi connectivity index (χ1v) is 9.96. The van der Waals surface area contributed by atoms with Gasteiger partial charge in [-0.2, -0.15) is 18.3 Å². The zero-order valence-corrected chi connectivity index (χ0v) is 17.6. The molecule has 1 aliphatic carbocycles. The summed E-state index contributed by atoms with van der Waals surface area (Å²) in [5.74, 6) is -1.01. The maximum Gasteiger partial charge on any atom is 0.433 e. The number of halogens is 3. The number of carbonyl (C=O) groups excluding carboxylic acids is 1. The number of alkyl halides is 3. The number of methoxy groups -OCH3 is 1. The molecule has 4 rings (SSSR count). The van der Waals surface area contributed by atoms with Gasteiger partial charge in [-0.15, -0.1) is 0 Å². The van der Waals surface area contributed by atoms with Gasteiger partial charge in [-0.3, -0.25) is 9.48 Å². The predicted molar refractivity (Wildman–Crippen MR) is 109 cm³/mol. The Bertz CT molecular complexity index is 1160. The molecule has 0 unspecified atom stereocenters. The molecule has 2 heterocycles. The molecule has 8 nitrogen and oxygen atoms in total. The first-order chi connectivity index (χ1) is 15.0. The Morgan fingerprint density at radius 2 is 2.00 bits per heavy atom. The number of nitrogens with zero attached hydrogens (tertiary/aromatic N) is 4. The lowest BCUT2D eigenvalue weighted by atomic mass is 9.71. The van der Waals surface area contributed by atoms with E-state index >= 15 is 0 Å². The highest BCUT2D eigenvalue weighted by atomic mass is 19.4. The van der Waals surface area contributed by atoms with E-state index in [1.807, 2.05) is 10.9 Å². The molecule has 0 saturated heterocycles. The van der Waals surface area contributed by atoms with Gasteiger partial charge in [0.25, 0.3) is 5.91 Å². The van der Waals surface area contributed by atoms with Gasteiger partial charge in [-0.1, -0.05) is 0 Å². The molecule has 0 atom stereocenters. The summed E-state index contributed by atoms with van der Waals surface area (Å²) < 4.78 is 45.8. The summed E-state index contributed by atoms with van der Waals surface area (Å²) >= 11 is 0. The largest absolute Gasteiger partial charge is 0.494 e. The van der Waals surface area contributed by atoms with Gasteiger partial charge in [0.05, 0.1) is 30.0 Å². The summed E-state index contributed by atoms with van der Waals surface area (Å²) in [7, 11) is 1.41. The second-order valence-electron chi connectivity index (χ2n) is 8.41. The van der Waals surface area contributed by atoms with Crippen LogP contribution in [0.25, 0.3) is 10.9 Å². The molecule has 2 aromatic heterocycles. The fourth-order valence-corrected chi connectivity index (χ4v) is 3.71. The van der Waals surface area contributed by atoms with E-state index in [0.29, 0.717) is 17.3 Å². The molecule has 1 aliphatic rings. The normalized spacial score (nSPS) is 19.0. The Morgan fingerprint density at radius 1 is 1.28 bits per heavy atom. The number of amides is 1. The highest BCUT2D eigenvalue weighted by Gasteiger charge is 2.40. The van der Waals surface area contributed by atoms with E-state index < -0.39 is 29.2 Å². The van der Waals surface area contributed by atoms with Crippen LogP contribution in [0.15, 0.2) is 30.6 Å². The maximum atomic E-state index is 12.9. The summed E-state index contributed by atoms with van der Waals surface area (Å²) in [5.41, 5.74) is -1.04. The van der Waals surface area contributed by atoms with Gasteiger partial charge in [0.15, 0.2) is 0 Å². The highest BCUT2D eigenvalue weighted by Crippen LogP contribution is 2.44. The van der Waals surface area contributed by atoms with Crippen molar-refractivity contribution in [2.45, 2.75) is 44.5 Å². The van der Waals surface area contributed by atoms with Gasteiger partial charge in [-0.25, -0.2) is 9.97 Å². The predicted octanol–water partition coefficient (Wildman–Crippen LogP) is 3.83. The molecular formula is C21H22F3N5O3. The molecule has 2 N–H and O–H groups in total. The van der Waals surface area contributed by atoms with Crippen molar-refractivity contribution in [3.63, 3.8) is 0 Å². The lowest BCUT2D eigenvalue weighted by Gasteiger charge is -2.42. The Hall–Kier alpha value is -3.21. The first-order valence-electron chi connectivity index (χ1n) is 9.96. The zero-order chi connectivity index (χ0) is 23.3. The van der Waals surface area contributed by atoms with E-state index in [9.17, 15) is 23.1 Å². The molecule has 0 radical (unpaired) electrons. The molecule has 0 aliphatic heterocycles. The fraction of sp³-hybridized carbons (Fsp3) is 0.429. The van der Waals surface area contributed by atoms with Crippen LogP contribution < -0.4 is 10.1 Å². The molecule has 1 amide bonds. The number of aromatic nitrogens is 4. The van der Waals surface area contributed by atoms with E-state index in [2.05, 4.69) is 20.4 Å². The minimum absolute atomic E-state index is 0.154. The van der Waals surface area contributed by atoms with E-state index in [4.69, 9.17) is 4.74 Å². The molecular weight excluding hydrogens is 427 g/mol. The molecule has 3 aromatic rings. The van der Waals surface area contributed by atoms with Crippen LogP contribution >= 0.6 is 0 Å². The van der Waals surface area contributed by atoms with Crippen LogP contribution in [0, 0.1) is 5.92 Å². The van der Waals surface area contributed by atoms with Crippen molar-refractivity contribution in [1.82, 2.24) is 19.7 Å². The smallest absolute Gasteiger partial charge is 0.433 e. The molecule has 1 saturated carbocycles. The molecule has 0 bridgehead atoms. The topological polar surface area (TPSA) is 102 Å². The quantitative estimate of drug-likeness (QED) is 0.614. The van der Waals surface area contributed by atoms with Gasteiger partial charge in [0.1, 0.15) is 11.4 Å². The maximum absolute atomic E-state index is 12.9. The summed E-state index contributed by atoms with van der Waals surface area (Å²) in [6.45, 7) is 3.59. The fourth-order valence-electron chi connectivity index (χ4n) is 3.71. The van der Waals surface area contributed by atoms with Crippen LogP contribution in [-0.2, 0) is 6.18 Å². The zero-order valence-electron chi connectivity index (χ0n) is 17.6. The number of rotatable bonds is 5. The average Bonchev–Trinajstić information content (AvgIpc) is 3.06. The molecule has 0 spiro atoms. The number of carbonyl (C=O) groups is 1. The van der Waals surface area contributed by atoms with Crippen molar-refractivity contribution in [2.75, 3.05) is 12.4 Å². The number of anilines is 1. The number of hydrogen-bond acceptors (Lipinski definition) is 6. The van der Waals surface area contributed by atoms with E-state index in [0.717, 1.165) is 24.4 Å². The van der Waals surface area contributed by atoms with Crippen molar-refractivity contribution in [1.29, 1.82) is 0 Å². The van der Waals surface area contributed by atoms with Gasteiger partial charge < -0.3 is 15.2 Å². The Morgan fingerprint density at radius 3 is 2.62 bits per heavy atom. The number of aliphatic hydroxyl groups is 1. The molecule has 32 heavy (non-hydrogen) atoms. The van der Waals surface area contributed by atoms with E-state index in [1.165, 1.54) is 7.11 Å². The van der Waals surface area contributed by atoms with Crippen LogP contribution in [0.3, 0.4) is 0 Å². The molecule has 1 fully saturated rings. The van der Waals surface area contributed by atoms with Crippen molar-refractivity contribution < 1.29 is 27.8 Å². The standard InChI is InChI=1S/C21H22F3N5O3/c1-20(2,31)12-7-13(8-12)29-10-11-6-15(16(32-3)9-14(11)28-29)26-19(30)18-25-5-4-17(27-18)21(22,23)24/h4-6,9-10,12-13,31H,7-8H2,1-3H3,(H,26,30)/t12-,13-. The lowest BCUT2D eigenvalue weighted by Crippen LogP contribution is -2.41. The Kier molecular flexibility index (Phi) is 5.32. The van der Waals surface area contributed by atoms with E-state index in [-0.39, 0.29) is 17.6 Å². The second-order valence-corrected chi connectivity index (χ2v) is 8.41. The monoisotopic (exact) mass is 449 g/mol. The van der Waals surface area contributed by atoms with Crippen LogP contribution in [0.2, 0.25) is 0 Å². The minimum atomic E-state index is -4.69. The van der Waals surface area contributed by atoms with Gasteiger partial charge in [0.2, 0.25) is 5.82 Å². The van der Waals surface area contributed by atoms with E-state index in [1.54, 1.807) is 26.0 Å². The Labute approximate surface area is 181 Å². The number of benzene rings is 1. The SMILES string of the molecule is COc1cc2nn([C@H]3C[C@H](C(C)(C)O)C3)cc2cc1NC(=O)c1nccc(C(F)(F)F)n1. The summed E-state index contributed by atoms with van der Waals surface area (Å²) in [4.78, 5) is 19.4. The summed E-state index contributed by atoms with van der Waals surface area (Å²) in [6.07, 6.45) is -0.379. The van der Waals surface area contributed by atoms with Gasteiger partial charge in [0, 0.05) is 23.8 Å². The highest BCUT2D eigenvalue weighted by molar-refractivity contribution is 6.03. The van der Waals surface area contributed by atoms with Crippen LogP contribution in [-0.4, -0.2) is 43.5 Å². The Balaban J connectivity index is 1.57. The second kappa shape index (κ2) is 7.73. The van der Waals surface area contributed by atoms with Crippen LogP contribution in [0.5, 0.6) is 5.75 Å². The number of fused-ring (bicyclic) bond motifs is 1. The van der Waals surface area contributed by atoms with Gasteiger partial charge >= 0.3 is 6.18 Å². The van der Waals surface area contributed by atoms with Crippen molar-refractivity contribution in [3.8, 4) is 5.75 Å². The molecule has 11 heteroatoms. The third-order valence-corrected chi connectivity index (χ3v) is 5.73. The number of hydrogen-bond donors (Lipinski definition) is 2. The van der Waals surface area contributed by atoms with Gasteiger partial charge in [-0.05, 0) is 44.7 Å². The summed E-state index contributed by atoms with van der Waals surface area (Å²) in [6, 6.07) is 4.12. The molecule has 1 aromatic carbocycles. The number of nitrogens with one attached hydrogen (secondary N) is 1.